The largest absolute Gasteiger partial charge is 0.356 e. The van der Waals surface area contributed by atoms with Gasteiger partial charge in [0.15, 0.2) is 20.5 Å². The van der Waals surface area contributed by atoms with Crippen molar-refractivity contribution in [3.8, 4) is 0 Å². The average molecular weight is 1020 g/mol. The van der Waals surface area contributed by atoms with Crippen molar-refractivity contribution in [3.05, 3.63) is 10.4 Å². The van der Waals surface area contributed by atoms with Gasteiger partial charge in [-0.05, 0) is 56.9 Å². The van der Waals surface area contributed by atoms with Crippen LogP contribution in [0.2, 0.25) is 0 Å². The Kier molecular flexibility index (Phi) is 38.1. The zero-order chi connectivity index (χ0) is 50.2. The number of carbonyl (C=O) groups is 11. The molecule has 0 spiro atoms. The molecule has 0 saturated heterocycles. The highest BCUT2D eigenvalue weighted by molar-refractivity contribution is 8.14. The van der Waals surface area contributed by atoms with E-state index in [0.717, 1.165) is 47.0 Å². The van der Waals surface area contributed by atoms with E-state index >= 15 is 0 Å². The molecule has 21 nitrogen and oxygen atoms in total. The highest BCUT2D eigenvalue weighted by Gasteiger charge is 2.23. The Morgan fingerprint density at radius 3 is 1.24 bits per heavy atom. The normalized spacial score (nSPS) is 11.5. The highest BCUT2D eigenvalue weighted by Crippen LogP contribution is 2.10. The van der Waals surface area contributed by atoms with Crippen LogP contribution in [0.1, 0.15) is 118 Å². The summed E-state index contributed by atoms with van der Waals surface area (Å²) < 4.78 is 0. The molecule has 0 heterocycles. The maximum absolute atomic E-state index is 13.5. The fourth-order valence-corrected chi connectivity index (χ4v) is 8.17. The molecule has 7 amide bonds. The lowest BCUT2D eigenvalue weighted by molar-refractivity contribution is -0.132. The number of rotatable bonds is 38. The van der Waals surface area contributed by atoms with Gasteiger partial charge in [0, 0.05) is 134 Å². The lowest BCUT2D eigenvalue weighted by Crippen LogP contribution is -2.50. The minimum Gasteiger partial charge on any atom is -0.356 e. The Bertz CT molecular complexity index is 1570. The predicted octanol–water partition coefficient (Wildman–Crippen LogP) is 3.14. The average Bonchev–Trinajstić information content (AvgIpc) is 3.25. The highest BCUT2D eigenvalue weighted by atomic mass is 32.2. The Labute approximate surface area is 410 Å². The topological polar surface area (TPSA) is 312 Å². The van der Waals surface area contributed by atoms with Crippen molar-refractivity contribution in [2.45, 2.75) is 130 Å². The standard InChI is InChI=1S/C42H70N10O11S4/c1-30(53)64-26-15-36(57)44-19-10-7-12-34(49-38(59)17-28-66-32(3)55)41(62)46-22-24-52(40(61)14-6-5-9-21-48-51-43)25-23-47-42(63)35(50-39(60)18-29-67-33(4)56)13-8-11-20-45-37(58)16-27-65-31(2)54/h34-35H,5-29H2,1-4H3,(H,44,57)(H,45,58)(H,46,62)(H,47,63)(H,49,59)(H,50,60)/t34-,35-/m0/s1. The van der Waals surface area contributed by atoms with Gasteiger partial charge in [0.05, 0.1) is 0 Å². The van der Waals surface area contributed by atoms with E-state index in [0.29, 0.717) is 76.1 Å². The number of nitrogens with zero attached hydrogens (tertiary/aromatic N) is 4. The second-order valence-corrected chi connectivity index (χ2v) is 20.1. The summed E-state index contributed by atoms with van der Waals surface area (Å²) in [6.45, 7) is 6.69. The molecule has 0 unspecified atom stereocenters. The lowest BCUT2D eigenvalue weighted by atomic mass is 10.1. The number of carbonyl (C=O) groups excluding carboxylic acids is 11. The van der Waals surface area contributed by atoms with Crippen LogP contribution in [-0.2, 0) is 52.7 Å². The van der Waals surface area contributed by atoms with E-state index in [2.05, 4.69) is 41.9 Å². The fourth-order valence-electron chi connectivity index (χ4n) is 5.87. The molecule has 2 atom stereocenters. The van der Waals surface area contributed by atoms with Crippen LogP contribution in [0.3, 0.4) is 0 Å². The van der Waals surface area contributed by atoms with E-state index < -0.39 is 35.7 Å². The first-order chi connectivity index (χ1) is 31.9. The molecule has 0 aromatic carbocycles. The minimum absolute atomic E-state index is 0.000639. The van der Waals surface area contributed by atoms with Crippen molar-refractivity contribution in [2.24, 2.45) is 5.11 Å². The van der Waals surface area contributed by atoms with Crippen molar-refractivity contribution in [3.63, 3.8) is 0 Å². The number of thioether (sulfide) groups is 4. The van der Waals surface area contributed by atoms with E-state index in [1.165, 1.54) is 32.6 Å². The Balaban J connectivity index is 5.70. The molecule has 0 aromatic rings. The van der Waals surface area contributed by atoms with Gasteiger partial charge >= 0.3 is 0 Å². The molecule has 0 radical (unpaired) electrons. The number of hydrogen-bond donors (Lipinski definition) is 6. The molecule has 25 heteroatoms. The quantitative estimate of drug-likeness (QED) is 0.0224. The number of nitrogens with one attached hydrogen (secondary N) is 6. The van der Waals surface area contributed by atoms with Gasteiger partial charge in [0.2, 0.25) is 41.4 Å². The van der Waals surface area contributed by atoms with Gasteiger partial charge in [-0.15, -0.1) is 0 Å². The van der Waals surface area contributed by atoms with E-state index in [-0.39, 0.29) is 121 Å². The van der Waals surface area contributed by atoms with Crippen LogP contribution in [-0.4, -0.2) is 148 Å². The maximum Gasteiger partial charge on any atom is 0.242 e. The van der Waals surface area contributed by atoms with Crippen molar-refractivity contribution >= 4 is 109 Å². The van der Waals surface area contributed by atoms with Gasteiger partial charge < -0.3 is 36.8 Å². The molecular weight excluding hydrogens is 949 g/mol. The van der Waals surface area contributed by atoms with E-state index in [9.17, 15) is 52.7 Å². The third-order valence-corrected chi connectivity index (χ3v) is 12.5. The third kappa shape index (κ3) is 38.4. The maximum atomic E-state index is 13.5. The summed E-state index contributed by atoms with van der Waals surface area (Å²) in [5.41, 5.74) is 8.55. The molecule has 0 saturated carbocycles. The van der Waals surface area contributed by atoms with Crippen LogP contribution in [0.15, 0.2) is 5.11 Å². The summed E-state index contributed by atoms with van der Waals surface area (Å²) in [5, 5.41) is 19.7. The zero-order valence-corrected chi connectivity index (χ0v) is 42.5. The molecule has 0 aliphatic carbocycles. The number of amides is 7. The summed E-state index contributed by atoms with van der Waals surface area (Å²) in [6, 6.07) is -1.89. The monoisotopic (exact) mass is 1020 g/mol. The molecule has 0 fully saturated rings. The molecule has 0 aromatic heterocycles. The minimum atomic E-state index is -0.946. The van der Waals surface area contributed by atoms with Gasteiger partial charge in [0.25, 0.3) is 0 Å². The third-order valence-electron chi connectivity index (χ3n) is 9.25. The second kappa shape index (κ2) is 40.7. The zero-order valence-electron chi connectivity index (χ0n) is 39.2. The lowest BCUT2D eigenvalue weighted by Gasteiger charge is -2.25. The Morgan fingerprint density at radius 2 is 0.866 bits per heavy atom. The van der Waals surface area contributed by atoms with Crippen molar-refractivity contribution < 1.29 is 52.7 Å². The van der Waals surface area contributed by atoms with E-state index in [4.69, 9.17) is 5.53 Å². The number of hydrogen-bond acceptors (Lipinski definition) is 16. The molecule has 378 valence electrons. The molecule has 67 heavy (non-hydrogen) atoms. The second-order valence-electron chi connectivity index (χ2n) is 15.0. The van der Waals surface area contributed by atoms with Gasteiger partial charge in [-0.25, -0.2) is 0 Å². The summed E-state index contributed by atoms with van der Waals surface area (Å²) in [7, 11) is 0. The van der Waals surface area contributed by atoms with E-state index in [1.54, 1.807) is 0 Å². The van der Waals surface area contributed by atoms with Crippen LogP contribution in [0, 0.1) is 0 Å². The summed E-state index contributed by atoms with van der Waals surface area (Å²) >= 11 is 4.11. The summed E-state index contributed by atoms with van der Waals surface area (Å²) in [5.74, 6) is -1.30. The first-order valence-electron chi connectivity index (χ1n) is 22.4. The molecule has 0 aliphatic rings. The smallest absolute Gasteiger partial charge is 0.242 e. The Morgan fingerprint density at radius 1 is 0.478 bits per heavy atom. The van der Waals surface area contributed by atoms with Crippen molar-refractivity contribution in [1.29, 1.82) is 0 Å². The van der Waals surface area contributed by atoms with Gasteiger partial charge in [0.1, 0.15) is 12.1 Å². The fraction of sp³-hybridized carbons (Fsp3) is 0.738. The first-order valence-corrected chi connectivity index (χ1v) is 26.4. The molecule has 0 aliphatic heterocycles. The van der Waals surface area contributed by atoms with Crippen LogP contribution < -0.4 is 31.9 Å². The predicted molar refractivity (Wildman–Crippen MR) is 264 cm³/mol. The van der Waals surface area contributed by atoms with Crippen LogP contribution in [0.25, 0.3) is 10.4 Å². The summed E-state index contributed by atoms with van der Waals surface area (Å²) in [4.78, 5) is 139. The van der Waals surface area contributed by atoms with Crippen LogP contribution >= 0.6 is 47.0 Å². The van der Waals surface area contributed by atoms with E-state index in [1.807, 2.05) is 0 Å². The van der Waals surface area contributed by atoms with Crippen LogP contribution in [0.5, 0.6) is 0 Å². The van der Waals surface area contributed by atoms with Crippen molar-refractivity contribution in [1.82, 2.24) is 36.8 Å². The van der Waals surface area contributed by atoms with Gasteiger partial charge in [-0.1, -0.05) is 58.6 Å². The molecule has 0 rings (SSSR count). The first kappa shape index (κ1) is 62.7. The van der Waals surface area contributed by atoms with Gasteiger partial charge in [-0.3, -0.25) is 52.7 Å². The molecule has 0 bridgehead atoms. The van der Waals surface area contributed by atoms with Crippen molar-refractivity contribution in [2.75, 3.05) is 68.8 Å². The molecular formula is C42H70N10O11S4. The summed E-state index contributed by atoms with van der Waals surface area (Å²) in [6.07, 6.45) is 4.64. The molecule has 6 N–H and O–H groups in total. The SMILES string of the molecule is CC(=O)SCCC(=O)NCCCC[C@H](NC(=O)CCSC(C)=O)C(=O)NCCN(CCNC(=O)[C@H](CCCCNC(=O)CCSC(C)=O)NC(=O)CCSC(C)=O)C(=O)CCCCCN=[N+]=[N-]. The van der Waals surface area contributed by atoms with Crippen LogP contribution in [0.4, 0.5) is 0 Å². The number of unbranched alkanes of at least 4 members (excludes halogenated alkanes) is 4. The Hall–Kier alpha value is -4.32. The number of azide groups is 1. The van der Waals surface area contributed by atoms with Gasteiger partial charge in [-0.2, -0.15) is 0 Å².